The average molecular weight is 351 g/mol. The van der Waals surface area contributed by atoms with Gasteiger partial charge in [-0.25, -0.2) is 0 Å². The first-order chi connectivity index (χ1) is 12.6. The molecule has 0 saturated heterocycles. The normalized spacial score (nSPS) is 13.0. The zero-order chi connectivity index (χ0) is 18.1. The second-order valence-corrected chi connectivity index (χ2v) is 6.04. The number of amides is 1. The summed E-state index contributed by atoms with van der Waals surface area (Å²) < 4.78 is 16.6. The van der Waals surface area contributed by atoms with Gasteiger partial charge in [0, 0.05) is 17.0 Å². The Morgan fingerprint density at radius 1 is 1.19 bits per heavy atom. The smallest absolute Gasteiger partial charge is 0.262 e. The Balaban J connectivity index is 1.63. The van der Waals surface area contributed by atoms with Gasteiger partial charge in [0.2, 0.25) is 5.78 Å². The van der Waals surface area contributed by atoms with Crippen molar-refractivity contribution >= 4 is 28.3 Å². The lowest BCUT2D eigenvalue weighted by atomic mass is 10.1. The number of benzene rings is 2. The van der Waals surface area contributed by atoms with Crippen LogP contribution in [0.15, 0.2) is 46.9 Å². The third kappa shape index (κ3) is 3.01. The van der Waals surface area contributed by atoms with Gasteiger partial charge in [-0.2, -0.15) is 0 Å². The van der Waals surface area contributed by atoms with Crippen LogP contribution >= 0.6 is 0 Å². The number of hydrogen-bond acceptors (Lipinski definition) is 5. The van der Waals surface area contributed by atoms with Gasteiger partial charge in [0.25, 0.3) is 5.91 Å². The Morgan fingerprint density at radius 3 is 2.92 bits per heavy atom. The highest BCUT2D eigenvalue weighted by atomic mass is 16.5. The molecule has 6 heteroatoms. The Labute approximate surface area is 149 Å². The highest BCUT2D eigenvalue weighted by Crippen LogP contribution is 2.31. The van der Waals surface area contributed by atoms with E-state index in [1.54, 1.807) is 30.3 Å². The molecule has 2 heterocycles. The molecule has 1 N–H and O–H groups in total. The van der Waals surface area contributed by atoms with Crippen LogP contribution in [-0.4, -0.2) is 24.9 Å². The number of fused-ring (bicyclic) bond motifs is 2. The predicted molar refractivity (Wildman–Crippen MR) is 96.0 cm³/mol. The van der Waals surface area contributed by atoms with E-state index in [9.17, 15) is 9.59 Å². The van der Waals surface area contributed by atoms with Crippen molar-refractivity contribution < 1.29 is 23.5 Å². The first-order valence-electron chi connectivity index (χ1n) is 8.42. The fraction of sp³-hybridized carbons (Fsp3) is 0.200. The van der Waals surface area contributed by atoms with Gasteiger partial charge in [-0.15, -0.1) is 0 Å². The van der Waals surface area contributed by atoms with Gasteiger partial charge in [0.05, 0.1) is 12.3 Å². The van der Waals surface area contributed by atoms with Crippen LogP contribution in [0.3, 0.4) is 0 Å². The van der Waals surface area contributed by atoms with Gasteiger partial charge in [-0.3, -0.25) is 9.59 Å². The lowest BCUT2D eigenvalue weighted by Crippen LogP contribution is -2.25. The van der Waals surface area contributed by atoms with Crippen molar-refractivity contribution in [3.8, 4) is 11.5 Å². The predicted octanol–water partition coefficient (Wildman–Crippen LogP) is 3.78. The molecule has 4 rings (SSSR count). The van der Waals surface area contributed by atoms with Gasteiger partial charge in [-0.05, 0) is 42.8 Å². The van der Waals surface area contributed by atoms with Crippen molar-refractivity contribution in [3.63, 3.8) is 0 Å². The topological polar surface area (TPSA) is 77.8 Å². The lowest BCUT2D eigenvalue weighted by molar-refractivity contribution is -0.118. The summed E-state index contributed by atoms with van der Waals surface area (Å²) in [5.74, 6) is 0.978. The van der Waals surface area contributed by atoms with Crippen LogP contribution in [-0.2, 0) is 4.79 Å². The lowest BCUT2D eigenvalue weighted by Gasteiger charge is -2.18. The fourth-order valence-corrected chi connectivity index (χ4v) is 2.80. The molecular formula is C20H17NO5. The second kappa shape index (κ2) is 6.55. The van der Waals surface area contributed by atoms with E-state index < -0.39 is 0 Å². The van der Waals surface area contributed by atoms with E-state index in [4.69, 9.17) is 13.9 Å². The van der Waals surface area contributed by atoms with Gasteiger partial charge in [0.1, 0.15) is 17.1 Å². The van der Waals surface area contributed by atoms with E-state index in [0.29, 0.717) is 34.9 Å². The maximum Gasteiger partial charge on any atom is 0.262 e. The van der Waals surface area contributed by atoms with Gasteiger partial charge < -0.3 is 19.2 Å². The highest BCUT2D eigenvalue weighted by Gasteiger charge is 2.20. The molecule has 1 aromatic heterocycles. The summed E-state index contributed by atoms with van der Waals surface area (Å²) in [5, 5.41) is 3.52. The molecule has 1 aliphatic rings. The standard InChI is InChI=1S/C20H17NO5/c1-2-7-24-14-5-3-12-9-18(26-17(12)10-14)20(23)13-4-6-16-15(8-13)21-19(22)11-25-16/h3-6,8-10H,2,7,11H2,1H3,(H,21,22). The van der Waals surface area contributed by atoms with E-state index in [2.05, 4.69) is 5.32 Å². The van der Waals surface area contributed by atoms with E-state index in [1.165, 1.54) is 0 Å². The Hall–Kier alpha value is -3.28. The molecule has 1 amide bonds. The molecule has 2 aromatic carbocycles. The number of hydrogen-bond donors (Lipinski definition) is 1. The molecule has 0 unspecified atom stereocenters. The van der Waals surface area contributed by atoms with Crippen LogP contribution in [0.5, 0.6) is 11.5 Å². The van der Waals surface area contributed by atoms with Gasteiger partial charge in [0.15, 0.2) is 12.4 Å². The van der Waals surface area contributed by atoms with Crippen molar-refractivity contribution in [1.82, 2.24) is 0 Å². The van der Waals surface area contributed by atoms with Crippen molar-refractivity contribution in [2.75, 3.05) is 18.5 Å². The maximum atomic E-state index is 12.8. The third-order valence-corrected chi connectivity index (χ3v) is 4.06. The number of nitrogens with one attached hydrogen (secondary N) is 1. The molecule has 26 heavy (non-hydrogen) atoms. The molecule has 1 aliphatic heterocycles. The molecule has 0 spiro atoms. The molecule has 0 atom stereocenters. The van der Waals surface area contributed by atoms with Crippen molar-refractivity contribution in [2.24, 2.45) is 0 Å². The summed E-state index contributed by atoms with van der Waals surface area (Å²) in [5.41, 5.74) is 1.49. The van der Waals surface area contributed by atoms with Crippen molar-refractivity contribution in [3.05, 3.63) is 53.8 Å². The SMILES string of the molecule is CCCOc1ccc2cc(C(=O)c3ccc4c(c3)NC(=O)CO4)oc2c1. The van der Waals surface area contributed by atoms with Crippen LogP contribution in [0.4, 0.5) is 5.69 Å². The average Bonchev–Trinajstić information content (AvgIpc) is 3.08. The Kier molecular flexibility index (Phi) is 4.08. The molecule has 6 nitrogen and oxygen atoms in total. The van der Waals surface area contributed by atoms with Crippen LogP contribution in [0.25, 0.3) is 11.0 Å². The zero-order valence-corrected chi connectivity index (χ0v) is 14.2. The number of carbonyl (C=O) groups excluding carboxylic acids is 2. The molecule has 0 bridgehead atoms. The summed E-state index contributed by atoms with van der Waals surface area (Å²) in [4.78, 5) is 24.2. The summed E-state index contributed by atoms with van der Waals surface area (Å²) in [6, 6.07) is 12.1. The van der Waals surface area contributed by atoms with Crippen molar-refractivity contribution in [1.29, 1.82) is 0 Å². The molecule has 0 saturated carbocycles. The fourth-order valence-electron chi connectivity index (χ4n) is 2.80. The number of carbonyl (C=O) groups is 2. The maximum absolute atomic E-state index is 12.8. The molecule has 0 radical (unpaired) electrons. The third-order valence-electron chi connectivity index (χ3n) is 4.06. The molecule has 132 valence electrons. The molecule has 3 aromatic rings. The summed E-state index contributed by atoms with van der Waals surface area (Å²) in [7, 11) is 0. The number of anilines is 1. The van der Waals surface area contributed by atoms with E-state index in [1.807, 2.05) is 19.1 Å². The summed E-state index contributed by atoms with van der Waals surface area (Å²) in [6.07, 6.45) is 0.915. The zero-order valence-electron chi connectivity index (χ0n) is 14.2. The number of ketones is 1. The van der Waals surface area contributed by atoms with E-state index in [-0.39, 0.29) is 24.1 Å². The quantitative estimate of drug-likeness (QED) is 0.708. The minimum absolute atomic E-state index is 0.0215. The van der Waals surface area contributed by atoms with Crippen LogP contribution in [0.1, 0.15) is 29.5 Å². The Morgan fingerprint density at radius 2 is 2.08 bits per heavy atom. The molecule has 0 aliphatic carbocycles. The molecule has 0 fully saturated rings. The number of rotatable bonds is 5. The minimum Gasteiger partial charge on any atom is -0.493 e. The number of ether oxygens (including phenoxy) is 2. The highest BCUT2D eigenvalue weighted by molar-refractivity contribution is 6.10. The minimum atomic E-state index is -0.264. The first-order valence-corrected chi connectivity index (χ1v) is 8.42. The summed E-state index contributed by atoms with van der Waals surface area (Å²) in [6.45, 7) is 2.64. The Bertz CT molecular complexity index is 1000. The molecular weight excluding hydrogens is 334 g/mol. The second-order valence-electron chi connectivity index (χ2n) is 6.04. The summed E-state index contributed by atoms with van der Waals surface area (Å²) >= 11 is 0. The van der Waals surface area contributed by atoms with E-state index >= 15 is 0 Å². The van der Waals surface area contributed by atoms with Gasteiger partial charge in [-0.1, -0.05) is 6.92 Å². The van der Waals surface area contributed by atoms with E-state index in [0.717, 1.165) is 11.8 Å². The van der Waals surface area contributed by atoms with Crippen molar-refractivity contribution in [2.45, 2.75) is 13.3 Å². The monoisotopic (exact) mass is 351 g/mol. The number of furan rings is 1. The van der Waals surface area contributed by atoms with Crippen LogP contribution in [0.2, 0.25) is 0 Å². The van der Waals surface area contributed by atoms with Crippen LogP contribution in [0, 0.1) is 0 Å². The largest absolute Gasteiger partial charge is 0.493 e. The first kappa shape index (κ1) is 16.2. The van der Waals surface area contributed by atoms with Gasteiger partial charge >= 0.3 is 0 Å². The van der Waals surface area contributed by atoms with Crippen LogP contribution < -0.4 is 14.8 Å².